The maximum atomic E-state index is 10.1. The van der Waals surface area contributed by atoms with Crippen LogP contribution in [0.3, 0.4) is 0 Å². The predicted octanol–water partition coefficient (Wildman–Crippen LogP) is 1.82. The molecule has 0 saturated carbocycles. The summed E-state index contributed by atoms with van der Waals surface area (Å²) in [5.41, 5.74) is 0. The molecule has 0 rings (SSSR count). The molecule has 8 heavy (non-hydrogen) atoms. The highest BCUT2D eigenvalue weighted by atomic mass is 79.9. The number of hydrogen-bond acceptors (Lipinski definition) is 1. The molecule has 4 heteroatoms. The van der Waals surface area contributed by atoms with Gasteiger partial charge in [-0.3, -0.25) is 4.79 Å². The third-order valence-corrected chi connectivity index (χ3v) is 2.35. The molecule has 0 aliphatic rings. The first-order chi connectivity index (χ1) is 3.55. The lowest BCUT2D eigenvalue weighted by molar-refractivity contribution is -0.140. The minimum Gasteiger partial charge on any atom is -0.481 e. The van der Waals surface area contributed by atoms with Crippen LogP contribution in [-0.2, 0) is 4.79 Å². The first-order valence-corrected chi connectivity index (χ1v) is 3.89. The van der Waals surface area contributed by atoms with E-state index in [1.165, 1.54) is 0 Å². The summed E-state index contributed by atoms with van der Waals surface area (Å²) in [5.74, 6) is -1.18. The molecule has 0 aromatic carbocycles. The summed E-state index contributed by atoms with van der Waals surface area (Å²) in [4.78, 5) is 10.1. The van der Waals surface area contributed by atoms with E-state index in [0.29, 0.717) is 0 Å². The Morgan fingerprint density at radius 3 is 2.00 bits per heavy atom. The van der Waals surface area contributed by atoms with E-state index in [-0.39, 0.29) is 9.65 Å². The molecule has 0 amide bonds. The van der Waals surface area contributed by atoms with Crippen LogP contribution in [0, 0.1) is 5.92 Å². The molecule has 0 aliphatic heterocycles. The number of carboxylic acids is 1. The fourth-order valence-electron chi connectivity index (χ4n) is 0.108. The molecular formula is C4H6Br2O2. The predicted molar refractivity (Wildman–Crippen MR) is 38.4 cm³/mol. The van der Waals surface area contributed by atoms with Gasteiger partial charge in [0.05, 0.1) is 9.65 Å². The molecule has 0 spiro atoms. The molecule has 0 radical (unpaired) electrons. The fourth-order valence-corrected chi connectivity index (χ4v) is 0.560. The van der Waals surface area contributed by atoms with Gasteiger partial charge in [0.1, 0.15) is 0 Å². The lowest BCUT2D eigenvalue weighted by atomic mass is 10.2. The summed E-state index contributed by atoms with van der Waals surface area (Å²) < 4.78 is -0.132. The molecule has 0 heterocycles. The van der Waals surface area contributed by atoms with E-state index in [1.54, 1.807) is 6.92 Å². The summed E-state index contributed by atoms with van der Waals surface area (Å²) in [6, 6.07) is 0. The summed E-state index contributed by atoms with van der Waals surface area (Å²) in [6.07, 6.45) is 0. The first kappa shape index (κ1) is 8.43. The largest absolute Gasteiger partial charge is 0.481 e. The number of carboxylic acid groups (broad SMARTS) is 1. The van der Waals surface area contributed by atoms with Gasteiger partial charge in [0.2, 0.25) is 0 Å². The lowest BCUT2D eigenvalue weighted by Gasteiger charge is -2.04. The van der Waals surface area contributed by atoms with Gasteiger partial charge in [0.25, 0.3) is 0 Å². The summed E-state index contributed by atoms with van der Waals surface area (Å²) in [6.45, 7) is 1.62. The average Bonchev–Trinajstić information content (AvgIpc) is 1.64. The zero-order chi connectivity index (χ0) is 6.73. The smallest absolute Gasteiger partial charge is 0.308 e. The molecule has 1 atom stereocenters. The van der Waals surface area contributed by atoms with Gasteiger partial charge >= 0.3 is 5.97 Å². The van der Waals surface area contributed by atoms with Crippen molar-refractivity contribution in [1.82, 2.24) is 0 Å². The van der Waals surface area contributed by atoms with Gasteiger partial charge in [-0.15, -0.1) is 0 Å². The van der Waals surface area contributed by atoms with Crippen molar-refractivity contribution in [3.63, 3.8) is 0 Å². The van der Waals surface area contributed by atoms with Crippen LogP contribution < -0.4 is 0 Å². The summed E-state index contributed by atoms with van der Waals surface area (Å²) in [7, 11) is 0. The Hall–Kier alpha value is 0.430. The monoisotopic (exact) mass is 244 g/mol. The minimum atomic E-state index is -0.802. The Morgan fingerprint density at radius 1 is 1.62 bits per heavy atom. The third kappa shape index (κ3) is 2.67. The molecule has 48 valence electrons. The zero-order valence-electron chi connectivity index (χ0n) is 4.27. The average molecular weight is 246 g/mol. The number of hydrogen-bond donors (Lipinski definition) is 1. The second-order valence-corrected chi connectivity index (χ2v) is 4.66. The van der Waals surface area contributed by atoms with Gasteiger partial charge in [-0.05, 0) is 6.92 Å². The van der Waals surface area contributed by atoms with E-state index in [1.807, 2.05) is 0 Å². The Bertz CT molecular complexity index is 92.0. The number of carbonyl (C=O) groups is 1. The minimum absolute atomic E-state index is 0.132. The molecule has 0 bridgehead atoms. The lowest BCUT2D eigenvalue weighted by Crippen LogP contribution is -2.15. The van der Waals surface area contributed by atoms with E-state index >= 15 is 0 Å². The van der Waals surface area contributed by atoms with Crippen LogP contribution in [0.4, 0.5) is 0 Å². The Labute approximate surface area is 64.5 Å². The Morgan fingerprint density at radius 2 is 2.00 bits per heavy atom. The van der Waals surface area contributed by atoms with Crippen molar-refractivity contribution < 1.29 is 9.90 Å². The van der Waals surface area contributed by atoms with Crippen molar-refractivity contribution >= 4 is 37.8 Å². The topological polar surface area (TPSA) is 37.3 Å². The van der Waals surface area contributed by atoms with E-state index in [0.717, 1.165) is 0 Å². The van der Waals surface area contributed by atoms with Gasteiger partial charge in [0.15, 0.2) is 0 Å². The van der Waals surface area contributed by atoms with Gasteiger partial charge in [-0.25, -0.2) is 0 Å². The van der Waals surface area contributed by atoms with Crippen LogP contribution in [0.1, 0.15) is 6.92 Å². The fraction of sp³-hybridized carbons (Fsp3) is 0.750. The number of alkyl halides is 2. The van der Waals surface area contributed by atoms with Crippen LogP contribution in [-0.4, -0.2) is 14.8 Å². The molecular weight excluding hydrogens is 240 g/mol. The highest BCUT2D eigenvalue weighted by molar-refractivity contribution is 9.24. The van der Waals surface area contributed by atoms with Crippen molar-refractivity contribution in [1.29, 1.82) is 0 Å². The van der Waals surface area contributed by atoms with Crippen molar-refractivity contribution in [2.75, 3.05) is 0 Å². The van der Waals surface area contributed by atoms with Crippen molar-refractivity contribution in [2.45, 2.75) is 10.7 Å². The maximum Gasteiger partial charge on any atom is 0.308 e. The first-order valence-electron chi connectivity index (χ1n) is 2.06. The third-order valence-electron chi connectivity index (χ3n) is 0.767. The number of aliphatic carboxylic acids is 1. The highest BCUT2D eigenvalue weighted by Crippen LogP contribution is 2.18. The van der Waals surface area contributed by atoms with Crippen molar-refractivity contribution in [3.8, 4) is 0 Å². The quantitative estimate of drug-likeness (QED) is 0.754. The van der Waals surface area contributed by atoms with Crippen molar-refractivity contribution in [3.05, 3.63) is 0 Å². The zero-order valence-corrected chi connectivity index (χ0v) is 7.44. The van der Waals surface area contributed by atoms with Gasteiger partial charge in [0, 0.05) is 0 Å². The second kappa shape index (κ2) is 3.45. The molecule has 0 aromatic rings. The molecule has 0 aromatic heterocycles. The Kier molecular flexibility index (Phi) is 3.64. The summed E-state index contributed by atoms with van der Waals surface area (Å²) in [5, 5.41) is 8.29. The SMILES string of the molecule is CC(C(=O)O)C(Br)Br. The van der Waals surface area contributed by atoms with Gasteiger partial charge < -0.3 is 5.11 Å². The van der Waals surface area contributed by atoms with E-state index in [4.69, 9.17) is 5.11 Å². The van der Waals surface area contributed by atoms with E-state index < -0.39 is 5.97 Å². The van der Waals surface area contributed by atoms with E-state index in [2.05, 4.69) is 31.9 Å². The highest BCUT2D eigenvalue weighted by Gasteiger charge is 2.16. The molecule has 1 unspecified atom stereocenters. The van der Waals surface area contributed by atoms with Gasteiger partial charge in [-0.2, -0.15) is 0 Å². The van der Waals surface area contributed by atoms with Crippen LogP contribution >= 0.6 is 31.9 Å². The maximum absolute atomic E-state index is 10.1. The normalized spacial score (nSPS) is 14.0. The molecule has 2 nitrogen and oxygen atoms in total. The second-order valence-electron chi connectivity index (χ2n) is 1.46. The molecule has 1 N–H and O–H groups in total. The summed E-state index contributed by atoms with van der Waals surface area (Å²) >= 11 is 6.15. The van der Waals surface area contributed by atoms with Crippen LogP contribution in [0.2, 0.25) is 0 Å². The Balaban J connectivity index is 3.64. The van der Waals surface area contributed by atoms with Crippen LogP contribution in [0.25, 0.3) is 0 Å². The van der Waals surface area contributed by atoms with Gasteiger partial charge in [-0.1, -0.05) is 31.9 Å². The number of halogens is 2. The standard InChI is InChI=1S/C4H6Br2O2/c1-2(3(5)6)4(7)8/h2-3H,1H3,(H,7,8). The van der Waals surface area contributed by atoms with Crippen LogP contribution in [0.5, 0.6) is 0 Å². The number of rotatable bonds is 2. The van der Waals surface area contributed by atoms with E-state index in [9.17, 15) is 4.79 Å². The molecule has 0 fully saturated rings. The van der Waals surface area contributed by atoms with Crippen LogP contribution in [0.15, 0.2) is 0 Å². The molecule has 0 aliphatic carbocycles. The molecule has 0 saturated heterocycles. The van der Waals surface area contributed by atoms with Crippen molar-refractivity contribution in [2.24, 2.45) is 5.92 Å².